The van der Waals surface area contributed by atoms with Crippen molar-refractivity contribution >= 4 is 0 Å². The fourth-order valence-corrected chi connectivity index (χ4v) is 2.60. The molecule has 0 unspecified atom stereocenters. The molecule has 2 nitrogen and oxygen atoms in total. The third kappa shape index (κ3) is 3.58. The van der Waals surface area contributed by atoms with Crippen LogP contribution in [0.4, 0.5) is 0 Å². The van der Waals surface area contributed by atoms with Crippen LogP contribution in [0.5, 0.6) is 0 Å². The van der Waals surface area contributed by atoms with Gasteiger partial charge in [-0.15, -0.1) is 0 Å². The maximum absolute atomic E-state index is 5.81. The van der Waals surface area contributed by atoms with Gasteiger partial charge in [0.1, 0.15) is 0 Å². The van der Waals surface area contributed by atoms with E-state index < -0.39 is 0 Å². The van der Waals surface area contributed by atoms with Crippen LogP contribution in [0.1, 0.15) is 46.0 Å². The van der Waals surface area contributed by atoms with Crippen molar-refractivity contribution in [3.8, 4) is 0 Å². The lowest BCUT2D eigenvalue weighted by Gasteiger charge is -2.35. The number of hydrogen-bond donors (Lipinski definition) is 1. The average molecular weight is 198 g/mol. The quantitative estimate of drug-likeness (QED) is 0.750. The van der Waals surface area contributed by atoms with Crippen molar-refractivity contribution in [3.05, 3.63) is 0 Å². The zero-order valence-electron chi connectivity index (χ0n) is 10.00. The van der Waals surface area contributed by atoms with Crippen LogP contribution < -0.4 is 5.73 Å². The topological polar surface area (TPSA) is 29.3 Å². The molecule has 0 amide bonds. The molecule has 0 radical (unpaired) electrons. The predicted molar refractivity (Wildman–Crippen MR) is 62.3 cm³/mol. The fraction of sp³-hybridized carbons (Fsp3) is 1.00. The molecule has 2 N–H and O–H groups in total. The minimum Gasteiger partial charge on any atom is -0.327 e. The Labute approximate surface area is 88.8 Å². The molecule has 0 saturated heterocycles. The molecule has 0 aromatic carbocycles. The van der Waals surface area contributed by atoms with Gasteiger partial charge >= 0.3 is 0 Å². The van der Waals surface area contributed by atoms with E-state index in [-0.39, 0.29) is 0 Å². The van der Waals surface area contributed by atoms with Crippen molar-refractivity contribution in [1.82, 2.24) is 4.90 Å². The molecule has 0 heterocycles. The van der Waals surface area contributed by atoms with Gasteiger partial charge in [-0.05, 0) is 45.6 Å². The van der Waals surface area contributed by atoms with Gasteiger partial charge in [0.05, 0.1) is 0 Å². The summed E-state index contributed by atoms with van der Waals surface area (Å²) in [6.07, 6.45) is 6.96. The summed E-state index contributed by atoms with van der Waals surface area (Å²) in [6, 6.07) is 1.10. The zero-order valence-corrected chi connectivity index (χ0v) is 10.00. The molecule has 2 heteroatoms. The molecule has 14 heavy (non-hydrogen) atoms. The first kappa shape index (κ1) is 12.0. The van der Waals surface area contributed by atoms with Crippen LogP contribution in [-0.4, -0.2) is 30.6 Å². The summed E-state index contributed by atoms with van der Waals surface area (Å²) in [6.45, 7) is 5.45. The molecule has 0 spiro atoms. The van der Waals surface area contributed by atoms with E-state index in [0.717, 1.165) is 18.5 Å². The second kappa shape index (κ2) is 5.72. The molecule has 0 aromatic heterocycles. The van der Waals surface area contributed by atoms with E-state index in [1.807, 2.05) is 0 Å². The fourth-order valence-electron chi connectivity index (χ4n) is 2.60. The van der Waals surface area contributed by atoms with Crippen molar-refractivity contribution in [1.29, 1.82) is 0 Å². The van der Waals surface area contributed by atoms with Crippen LogP contribution in [0, 0.1) is 5.92 Å². The molecule has 1 saturated carbocycles. The normalized spacial score (nSPS) is 30.6. The molecular formula is C12H26N2. The van der Waals surface area contributed by atoms with Crippen LogP contribution in [0.2, 0.25) is 0 Å². The standard InChI is InChI=1S/C12H26N2/c1-4-11-5-7-12(8-6-11)14(3)9-10(2)13/h10-12H,4-9,13H2,1-3H3/t10-,11?,12?/m0/s1. The minimum absolute atomic E-state index is 0.309. The number of rotatable bonds is 4. The Balaban J connectivity index is 2.26. The summed E-state index contributed by atoms with van der Waals surface area (Å²) < 4.78 is 0. The number of nitrogens with two attached hydrogens (primary N) is 1. The van der Waals surface area contributed by atoms with Gasteiger partial charge in [-0.3, -0.25) is 0 Å². The van der Waals surface area contributed by atoms with E-state index in [1.54, 1.807) is 0 Å². The summed E-state index contributed by atoms with van der Waals surface area (Å²) in [5.41, 5.74) is 5.81. The van der Waals surface area contributed by atoms with Crippen LogP contribution in [0.15, 0.2) is 0 Å². The van der Waals surface area contributed by atoms with Gasteiger partial charge in [-0.2, -0.15) is 0 Å². The van der Waals surface area contributed by atoms with Crippen LogP contribution >= 0.6 is 0 Å². The Hall–Kier alpha value is -0.0800. The molecule has 84 valence electrons. The zero-order chi connectivity index (χ0) is 10.6. The van der Waals surface area contributed by atoms with Crippen LogP contribution in [0.25, 0.3) is 0 Å². The first-order valence-electron chi connectivity index (χ1n) is 6.09. The van der Waals surface area contributed by atoms with Crippen molar-refractivity contribution in [2.75, 3.05) is 13.6 Å². The lowest BCUT2D eigenvalue weighted by molar-refractivity contribution is 0.158. The van der Waals surface area contributed by atoms with E-state index in [2.05, 4.69) is 25.8 Å². The monoisotopic (exact) mass is 198 g/mol. The maximum Gasteiger partial charge on any atom is 0.0139 e. The lowest BCUT2D eigenvalue weighted by atomic mass is 9.84. The van der Waals surface area contributed by atoms with Gasteiger partial charge in [0.15, 0.2) is 0 Å². The largest absolute Gasteiger partial charge is 0.327 e. The Morgan fingerprint density at radius 2 is 1.86 bits per heavy atom. The Morgan fingerprint density at radius 1 is 1.29 bits per heavy atom. The molecular weight excluding hydrogens is 172 g/mol. The number of nitrogens with zero attached hydrogens (tertiary/aromatic N) is 1. The molecule has 1 rings (SSSR count). The summed E-state index contributed by atoms with van der Waals surface area (Å²) in [5, 5.41) is 0. The lowest BCUT2D eigenvalue weighted by Crippen LogP contribution is -2.41. The van der Waals surface area contributed by atoms with Gasteiger partial charge in [0.25, 0.3) is 0 Å². The van der Waals surface area contributed by atoms with Gasteiger partial charge in [0, 0.05) is 18.6 Å². The summed E-state index contributed by atoms with van der Waals surface area (Å²) in [7, 11) is 2.22. The highest BCUT2D eigenvalue weighted by atomic mass is 15.1. The summed E-state index contributed by atoms with van der Waals surface area (Å²) in [5.74, 6) is 0.995. The Kier molecular flexibility index (Phi) is 4.90. The van der Waals surface area contributed by atoms with Gasteiger partial charge in [-0.1, -0.05) is 13.3 Å². The molecule has 1 atom stereocenters. The second-order valence-corrected chi connectivity index (χ2v) is 5.00. The van der Waals surface area contributed by atoms with Crippen molar-refractivity contribution < 1.29 is 0 Å². The van der Waals surface area contributed by atoms with Crippen LogP contribution in [-0.2, 0) is 0 Å². The van der Waals surface area contributed by atoms with Crippen molar-refractivity contribution in [2.24, 2.45) is 11.7 Å². The van der Waals surface area contributed by atoms with E-state index in [0.29, 0.717) is 6.04 Å². The highest BCUT2D eigenvalue weighted by molar-refractivity contribution is 4.78. The Bertz CT molecular complexity index is 148. The highest BCUT2D eigenvalue weighted by Crippen LogP contribution is 2.28. The first-order valence-corrected chi connectivity index (χ1v) is 6.09. The van der Waals surface area contributed by atoms with E-state index in [9.17, 15) is 0 Å². The molecule has 1 aliphatic carbocycles. The van der Waals surface area contributed by atoms with E-state index in [1.165, 1.54) is 32.1 Å². The highest BCUT2D eigenvalue weighted by Gasteiger charge is 2.22. The molecule has 1 aliphatic rings. The Morgan fingerprint density at radius 3 is 2.29 bits per heavy atom. The van der Waals surface area contributed by atoms with Gasteiger partial charge < -0.3 is 10.6 Å². The summed E-state index contributed by atoms with van der Waals surface area (Å²) in [4.78, 5) is 2.45. The molecule has 1 fully saturated rings. The third-order valence-corrected chi connectivity index (χ3v) is 3.59. The van der Waals surface area contributed by atoms with E-state index >= 15 is 0 Å². The summed E-state index contributed by atoms with van der Waals surface area (Å²) >= 11 is 0. The smallest absolute Gasteiger partial charge is 0.0139 e. The first-order chi connectivity index (χ1) is 6.63. The van der Waals surface area contributed by atoms with Gasteiger partial charge in [0.2, 0.25) is 0 Å². The third-order valence-electron chi connectivity index (χ3n) is 3.59. The number of likely N-dealkylation sites (N-methyl/N-ethyl adjacent to an activating group) is 1. The van der Waals surface area contributed by atoms with Crippen molar-refractivity contribution in [3.63, 3.8) is 0 Å². The number of hydrogen-bond acceptors (Lipinski definition) is 2. The SMILES string of the molecule is CCC1CCC(N(C)C[C@H](C)N)CC1. The van der Waals surface area contributed by atoms with E-state index in [4.69, 9.17) is 5.73 Å². The minimum atomic E-state index is 0.309. The molecule has 0 aliphatic heterocycles. The van der Waals surface area contributed by atoms with Gasteiger partial charge in [-0.25, -0.2) is 0 Å². The average Bonchev–Trinajstić information content (AvgIpc) is 2.17. The maximum atomic E-state index is 5.81. The molecule has 0 aromatic rings. The predicted octanol–water partition coefficient (Wildman–Crippen LogP) is 2.23. The van der Waals surface area contributed by atoms with Crippen LogP contribution in [0.3, 0.4) is 0 Å². The van der Waals surface area contributed by atoms with Crippen molar-refractivity contribution in [2.45, 2.75) is 58.0 Å². The second-order valence-electron chi connectivity index (χ2n) is 5.00. The molecule has 0 bridgehead atoms.